The third-order valence-electron chi connectivity index (χ3n) is 2.73. The second kappa shape index (κ2) is 12.8. The van der Waals surface area contributed by atoms with E-state index in [1.807, 2.05) is 18.2 Å². The standard InChI is InChI=1S/C7H8.C6H6O3S.C5H11O/c1-7-5-3-2-4-6-7;7-10(8,9)6-4-2-1-3-5-6;1-2-3-4-5-6/h2-6H,1H3;1-5H,(H,7,8,9);2-5H2,1H3. The molecule has 0 aliphatic rings. The van der Waals surface area contributed by atoms with Gasteiger partial charge >= 0.3 is 0 Å². The van der Waals surface area contributed by atoms with E-state index in [9.17, 15) is 13.5 Å². The Hall–Kier alpha value is -1.69. The van der Waals surface area contributed by atoms with Crippen LogP contribution in [0.15, 0.2) is 65.6 Å². The fourth-order valence-electron chi connectivity index (χ4n) is 1.48. The van der Waals surface area contributed by atoms with E-state index in [0.717, 1.165) is 19.3 Å². The summed E-state index contributed by atoms with van der Waals surface area (Å²) >= 11 is 0. The molecule has 0 saturated carbocycles. The lowest BCUT2D eigenvalue weighted by molar-refractivity contribution is 0.186. The highest BCUT2D eigenvalue weighted by Crippen LogP contribution is 2.05. The first kappa shape index (κ1) is 21.3. The number of aryl methyl sites for hydroxylation is 1. The summed E-state index contributed by atoms with van der Waals surface area (Å²) < 4.78 is 29.2. The maximum Gasteiger partial charge on any atom is 0.294 e. The first-order valence-electron chi connectivity index (χ1n) is 7.54. The van der Waals surface area contributed by atoms with Gasteiger partial charge in [-0.15, -0.1) is 0 Å². The van der Waals surface area contributed by atoms with Crippen molar-refractivity contribution in [2.24, 2.45) is 0 Å². The molecule has 0 aliphatic heterocycles. The van der Waals surface area contributed by atoms with Gasteiger partial charge in [0.2, 0.25) is 0 Å². The summed E-state index contributed by atoms with van der Waals surface area (Å²) in [5.41, 5.74) is 1.32. The first-order chi connectivity index (χ1) is 10.9. The van der Waals surface area contributed by atoms with Crippen molar-refractivity contribution in [3.05, 3.63) is 66.2 Å². The van der Waals surface area contributed by atoms with Crippen molar-refractivity contribution in [1.82, 2.24) is 0 Å². The number of hydrogen-bond acceptors (Lipinski definition) is 2. The van der Waals surface area contributed by atoms with E-state index in [4.69, 9.17) is 4.55 Å². The Morgan fingerprint density at radius 1 is 0.870 bits per heavy atom. The topological polar surface area (TPSA) is 74.3 Å². The predicted molar refractivity (Wildman–Crippen MR) is 92.5 cm³/mol. The van der Waals surface area contributed by atoms with Gasteiger partial charge in [0.05, 0.1) is 11.5 Å². The van der Waals surface area contributed by atoms with Crippen molar-refractivity contribution < 1.29 is 18.1 Å². The van der Waals surface area contributed by atoms with Crippen LogP contribution in [-0.2, 0) is 15.2 Å². The number of benzene rings is 2. The summed E-state index contributed by atoms with van der Waals surface area (Å²) in [5.74, 6) is 0. The third kappa shape index (κ3) is 12.5. The van der Waals surface area contributed by atoms with Gasteiger partial charge in [-0.3, -0.25) is 4.55 Å². The van der Waals surface area contributed by atoms with E-state index in [-0.39, 0.29) is 11.5 Å². The van der Waals surface area contributed by atoms with Gasteiger partial charge in [-0.2, -0.15) is 8.42 Å². The van der Waals surface area contributed by atoms with Crippen LogP contribution in [0, 0.1) is 6.92 Å². The second-order valence-corrected chi connectivity index (χ2v) is 6.28. The Balaban J connectivity index is 0.000000330. The molecule has 0 saturated heterocycles. The van der Waals surface area contributed by atoms with Crippen LogP contribution in [0.1, 0.15) is 31.7 Å². The van der Waals surface area contributed by atoms with Gasteiger partial charge in [0.1, 0.15) is 0 Å². The molecular weight excluding hydrogens is 312 g/mol. The highest BCUT2D eigenvalue weighted by Gasteiger charge is 2.05. The lowest BCUT2D eigenvalue weighted by Gasteiger charge is -1.92. The SMILES string of the molecule is CCCCC[O].Cc1ccccc1.O=S(=O)(O)c1ccccc1. The maximum atomic E-state index is 10.4. The molecule has 0 atom stereocenters. The lowest BCUT2D eigenvalue weighted by Crippen LogP contribution is -1.96. The molecule has 0 unspecified atom stereocenters. The van der Waals surface area contributed by atoms with Gasteiger partial charge in [0.25, 0.3) is 10.1 Å². The predicted octanol–water partition coefficient (Wildman–Crippen LogP) is 4.54. The quantitative estimate of drug-likeness (QED) is 0.657. The van der Waals surface area contributed by atoms with Gasteiger partial charge in [0.15, 0.2) is 0 Å². The number of rotatable bonds is 4. The zero-order chi connectivity index (χ0) is 17.6. The van der Waals surface area contributed by atoms with Gasteiger partial charge in [-0.05, 0) is 25.5 Å². The molecular formula is C18H25O4S. The van der Waals surface area contributed by atoms with Gasteiger partial charge in [-0.1, -0.05) is 73.9 Å². The lowest BCUT2D eigenvalue weighted by atomic mass is 10.2. The van der Waals surface area contributed by atoms with Crippen LogP contribution in [0.3, 0.4) is 0 Å². The Bertz CT molecular complexity index is 591. The molecule has 0 bridgehead atoms. The summed E-state index contributed by atoms with van der Waals surface area (Å²) in [6.45, 7) is 4.28. The zero-order valence-electron chi connectivity index (χ0n) is 13.7. The van der Waals surface area contributed by atoms with Crippen LogP contribution in [0.2, 0.25) is 0 Å². The fourth-order valence-corrected chi connectivity index (χ4v) is 1.98. The summed E-state index contributed by atoms with van der Waals surface area (Å²) in [6, 6.07) is 17.7. The molecule has 4 nitrogen and oxygen atoms in total. The van der Waals surface area contributed by atoms with E-state index in [1.54, 1.807) is 18.2 Å². The molecule has 0 heterocycles. The van der Waals surface area contributed by atoms with Crippen molar-refractivity contribution in [1.29, 1.82) is 0 Å². The average Bonchev–Trinajstić information content (AvgIpc) is 2.55. The van der Waals surface area contributed by atoms with Crippen molar-refractivity contribution in [3.8, 4) is 0 Å². The van der Waals surface area contributed by atoms with E-state index < -0.39 is 10.1 Å². The normalized spacial score (nSPS) is 9.91. The maximum absolute atomic E-state index is 10.4. The molecule has 23 heavy (non-hydrogen) atoms. The molecule has 2 aromatic carbocycles. The van der Waals surface area contributed by atoms with E-state index in [0.29, 0.717) is 0 Å². The largest absolute Gasteiger partial charge is 0.294 e. The Morgan fingerprint density at radius 2 is 1.35 bits per heavy atom. The highest BCUT2D eigenvalue weighted by molar-refractivity contribution is 7.85. The van der Waals surface area contributed by atoms with Crippen molar-refractivity contribution in [2.75, 3.05) is 6.61 Å². The first-order valence-corrected chi connectivity index (χ1v) is 8.98. The molecule has 127 valence electrons. The minimum atomic E-state index is -4.00. The van der Waals surface area contributed by atoms with Gasteiger partial charge < -0.3 is 0 Å². The highest BCUT2D eigenvalue weighted by atomic mass is 32.2. The third-order valence-corrected chi connectivity index (χ3v) is 3.60. The molecule has 0 aliphatic carbocycles. The smallest absolute Gasteiger partial charge is 0.282 e. The summed E-state index contributed by atoms with van der Waals surface area (Å²) in [4.78, 5) is -0.0741. The van der Waals surface area contributed by atoms with Gasteiger partial charge in [-0.25, -0.2) is 5.11 Å². The Morgan fingerprint density at radius 3 is 1.57 bits per heavy atom. The van der Waals surface area contributed by atoms with Crippen molar-refractivity contribution in [3.63, 3.8) is 0 Å². The number of unbranched alkanes of at least 4 members (excludes halogenated alkanes) is 2. The molecule has 0 fully saturated rings. The molecule has 5 heteroatoms. The van der Waals surface area contributed by atoms with Crippen LogP contribution < -0.4 is 0 Å². The molecule has 0 spiro atoms. The van der Waals surface area contributed by atoms with E-state index >= 15 is 0 Å². The van der Waals surface area contributed by atoms with Crippen LogP contribution in [0.5, 0.6) is 0 Å². The fraction of sp³-hybridized carbons (Fsp3) is 0.333. The minimum absolute atomic E-state index is 0.0741. The molecule has 0 amide bonds. The Labute approximate surface area is 139 Å². The molecule has 1 radical (unpaired) electrons. The summed E-state index contributed by atoms with van der Waals surface area (Å²) in [7, 11) is -4.00. The molecule has 1 N–H and O–H groups in total. The number of hydrogen-bond donors (Lipinski definition) is 1. The van der Waals surface area contributed by atoms with E-state index in [1.165, 1.54) is 17.7 Å². The van der Waals surface area contributed by atoms with Gasteiger partial charge in [0, 0.05) is 0 Å². The minimum Gasteiger partial charge on any atom is -0.282 e. The Kier molecular flexibility index (Phi) is 11.9. The van der Waals surface area contributed by atoms with Crippen LogP contribution in [0.25, 0.3) is 0 Å². The summed E-state index contributed by atoms with van der Waals surface area (Å²) in [5, 5.41) is 9.69. The molecule has 2 rings (SSSR count). The average molecular weight is 337 g/mol. The zero-order valence-corrected chi connectivity index (χ0v) is 14.5. The van der Waals surface area contributed by atoms with Crippen LogP contribution in [-0.4, -0.2) is 19.6 Å². The monoisotopic (exact) mass is 337 g/mol. The molecule has 0 aromatic heterocycles. The van der Waals surface area contributed by atoms with Crippen LogP contribution >= 0.6 is 0 Å². The second-order valence-electron chi connectivity index (χ2n) is 4.85. The van der Waals surface area contributed by atoms with Crippen molar-refractivity contribution in [2.45, 2.75) is 38.0 Å². The molecule has 2 aromatic rings. The van der Waals surface area contributed by atoms with E-state index in [2.05, 4.69) is 26.0 Å². The summed E-state index contributed by atoms with van der Waals surface area (Å²) in [6.07, 6.45) is 3.11. The van der Waals surface area contributed by atoms with Crippen molar-refractivity contribution >= 4 is 10.1 Å². The van der Waals surface area contributed by atoms with Crippen LogP contribution in [0.4, 0.5) is 0 Å².